The van der Waals surface area contributed by atoms with Crippen molar-refractivity contribution < 1.29 is 29.2 Å². The second-order valence-corrected chi connectivity index (χ2v) is 5.34. The molecule has 0 aromatic carbocycles. The molecule has 0 aliphatic carbocycles. The van der Waals surface area contributed by atoms with Crippen LogP contribution in [0.25, 0.3) is 0 Å². The van der Waals surface area contributed by atoms with Crippen molar-refractivity contribution in [3.05, 3.63) is 24.0 Å². The average molecular weight is 326 g/mol. The number of hydrogen-bond acceptors (Lipinski definition) is 7. The zero-order valence-electron chi connectivity index (χ0n) is 13.3. The van der Waals surface area contributed by atoms with E-state index in [1.807, 2.05) is 0 Å². The standard InChI is InChI=1S/C15H22N2O6/c1-21-9-17-13(4-6-18)15(14(17)20,23-10-22-2)8-11-7-12(19)3-5-16-11/h3,5,7,13,18H,4,6,8-10H2,1-2H3,(H,16,19). The third kappa shape index (κ3) is 3.45. The Morgan fingerprint density at radius 3 is 2.78 bits per heavy atom. The molecule has 128 valence electrons. The Labute approximate surface area is 134 Å². The number of nitrogens with zero attached hydrogens (tertiary/aromatic N) is 2. The van der Waals surface area contributed by atoms with E-state index in [9.17, 15) is 15.0 Å². The molecule has 1 aromatic rings. The maximum atomic E-state index is 12.6. The average Bonchev–Trinajstić information content (AvgIpc) is 2.55. The van der Waals surface area contributed by atoms with Gasteiger partial charge in [-0.05, 0) is 12.5 Å². The number of hydrogen-bond donors (Lipinski definition) is 2. The molecule has 1 aromatic heterocycles. The zero-order chi connectivity index (χ0) is 16.9. The van der Waals surface area contributed by atoms with E-state index >= 15 is 0 Å². The van der Waals surface area contributed by atoms with Crippen LogP contribution >= 0.6 is 0 Å². The van der Waals surface area contributed by atoms with Crippen molar-refractivity contribution in [1.29, 1.82) is 0 Å². The van der Waals surface area contributed by atoms with Gasteiger partial charge in [0, 0.05) is 45.2 Å². The minimum Gasteiger partial charge on any atom is -0.508 e. The molecule has 23 heavy (non-hydrogen) atoms. The Morgan fingerprint density at radius 2 is 2.17 bits per heavy atom. The van der Waals surface area contributed by atoms with Crippen LogP contribution in [0.2, 0.25) is 0 Å². The number of aromatic nitrogens is 1. The molecule has 2 heterocycles. The lowest BCUT2D eigenvalue weighted by Gasteiger charge is -2.54. The molecular formula is C15H22N2O6. The predicted octanol–water partition coefficient (Wildman–Crippen LogP) is -0.114. The van der Waals surface area contributed by atoms with Gasteiger partial charge in [-0.25, -0.2) is 0 Å². The first-order valence-corrected chi connectivity index (χ1v) is 7.26. The number of rotatable bonds is 9. The molecule has 2 unspecified atom stereocenters. The summed E-state index contributed by atoms with van der Waals surface area (Å²) < 4.78 is 15.7. The number of amides is 1. The third-order valence-electron chi connectivity index (χ3n) is 3.89. The van der Waals surface area contributed by atoms with Gasteiger partial charge >= 0.3 is 0 Å². The smallest absolute Gasteiger partial charge is 0.259 e. The molecule has 2 atom stereocenters. The van der Waals surface area contributed by atoms with E-state index in [2.05, 4.69) is 4.98 Å². The number of aliphatic hydroxyl groups is 1. The summed E-state index contributed by atoms with van der Waals surface area (Å²) in [6, 6.07) is 2.58. The van der Waals surface area contributed by atoms with E-state index in [1.54, 1.807) is 0 Å². The van der Waals surface area contributed by atoms with E-state index in [0.29, 0.717) is 12.1 Å². The van der Waals surface area contributed by atoms with E-state index < -0.39 is 5.60 Å². The molecule has 0 saturated carbocycles. The summed E-state index contributed by atoms with van der Waals surface area (Å²) in [5, 5.41) is 18.9. The van der Waals surface area contributed by atoms with Crippen molar-refractivity contribution in [2.24, 2.45) is 0 Å². The van der Waals surface area contributed by atoms with E-state index in [4.69, 9.17) is 14.2 Å². The molecule has 0 spiro atoms. The van der Waals surface area contributed by atoms with Gasteiger partial charge in [0.25, 0.3) is 5.91 Å². The van der Waals surface area contributed by atoms with Gasteiger partial charge in [0.1, 0.15) is 19.3 Å². The van der Waals surface area contributed by atoms with Gasteiger partial charge in [0.15, 0.2) is 5.60 Å². The van der Waals surface area contributed by atoms with Crippen molar-refractivity contribution >= 4 is 5.91 Å². The van der Waals surface area contributed by atoms with Crippen LogP contribution in [0.3, 0.4) is 0 Å². The van der Waals surface area contributed by atoms with E-state index in [1.165, 1.54) is 37.4 Å². The number of β-lactam (4-membered cyclic amide) rings is 1. The first kappa shape index (κ1) is 17.6. The summed E-state index contributed by atoms with van der Waals surface area (Å²) in [7, 11) is 2.97. The zero-order valence-corrected chi connectivity index (χ0v) is 13.3. The Balaban J connectivity index is 2.28. The van der Waals surface area contributed by atoms with Crippen molar-refractivity contribution in [3.8, 4) is 5.75 Å². The van der Waals surface area contributed by atoms with Crippen LogP contribution in [0.4, 0.5) is 0 Å². The molecule has 1 saturated heterocycles. The minimum absolute atomic E-state index is 0.0622. The largest absolute Gasteiger partial charge is 0.508 e. The molecule has 0 radical (unpaired) electrons. The van der Waals surface area contributed by atoms with Crippen LogP contribution in [-0.2, 0) is 25.4 Å². The summed E-state index contributed by atoms with van der Waals surface area (Å²) in [5.41, 5.74) is -0.660. The van der Waals surface area contributed by atoms with Gasteiger partial charge in [-0.2, -0.15) is 0 Å². The first-order valence-electron chi connectivity index (χ1n) is 7.26. The van der Waals surface area contributed by atoms with E-state index in [0.717, 1.165) is 0 Å². The SMILES string of the molecule is COCOC1(Cc2cc(O)ccn2)C(=O)N(COC)C1CCO. The minimum atomic E-state index is -1.18. The van der Waals surface area contributed by atoms with Crippen LogP contribution < -0.4 is 0 Å². The number of likely N-dealkylation sites (tertiary alicyclic amines) is 1. The Bertz CT molecular complexity index is 540. The van der Waals surface area contributed by atoms with Crippen molar-refractivity contribution in [1.82, 2.24) is 9.88 Å². The fourth-order valence-corrected chi connectivity index (χ4v) is 2.91. The molecule has 8 heteroatoms. The van der Waals surface area contributed by atoms with Crippen molar-refractivity contribution in [2.75, 3.05) is 34.4 Å². The van der Waals surface area contributed by atoms with Crippen molar-refractivity contribution in [3.63, 3.8) is 0 Å². The Morgan fingerprint density at radius 1 is 1.39 bits per heavy atom. The van der Waals surface area contributed by atoms with Gasteiger partial charge in [-0.1, -0.05) is 0 Å². The second-order valence-electron chi connectivity index (χ2n) is 5.34. The van der Waals surface area contributed by atoms with Gasteiger partial charge in [0.2, 0.25) is 0 Å². The van der Waals surface area contributed by atoms with Crippen LogP contribution in [0, 0.1) is 0 Å². The molecule has 8 nitrogen and oxygen atoms in total. The van der Waals surface area contributed by atoms with Crippen LogP contribution in [-0.4, -0.2) is 72.0 Å². The van der Waals surface area contributed by atoms with Crippen LogP contribution in [0.5, 0.6) is 5.75 Å². The topological polar surface area (TPSA) is 101 Å². The molecule has 1 amide bonds. The fraction of sp³-hybridized carbons (Fsp3) is 0.600. The quantitative estimate of drug-likeness (QED) is 0.482. The van der Waals surface area contributed by atoms with Crippen molar-refractivity contribution in [2.45, 2.75) is 24.5 Å². The Hall–Kier alpha value is -1.74. The number of aromatic hydroxyl groups is 1. The number of pyridine rings is 1. The molecule has 1 aliphatic heterocycles. The molecule has 2 rings (SSSR count). The summed E-state index contributed by atoms with van der Waals surface area (Å²) in [6.45, 7) is -0.0356. The van der Waals surface area contributed by atoms with E-state index in [-0.39, 0.29) is 44.2 Å². The predicted molar refractivity (Wildman–Crippen MR) is 79.5 cm³/mol. The highest BCUT2D eigenvalue weighted by Gasteiger charge is 2.61. The van der Waals surface area contributed by atoms with Gasteiger partial charge in [-0.15, -0.1) is 0 Å². The highest BCUT2D eigenvalue weighted by molar-refractivity contribution is 5.93. The highest BCUT2D eigenvalue weighted by atomic mass is 16.7. The summed E-state index contributed by atoms with van der Waals surface area (Å²) >= 11 is 0. The number of methoxy groups -OCH3 is 2. The summed E-state index contributed by atoms with van der Waals surface area (Å²) in [6.07, 6.45) is 1.98. The Kier molecular flexibility index (Phi) is 5.89. The number of ether oxygens (including phenoxy) is 3. The number of carbonyl (C=O) groups excluding carboxylic acids is 1. The van der Waals surface area contributed by atoms with Gasteiger partial charge in [-0.3, -0.25) is 9.78 Å². The molecule has 2 N–H and O–H groups in total. The lowest BCUT2D eigenvalue weighted by Crippen LogP contribution is -2.76. The normalized spacial score (nSPS) is 23.9. The summed E-state index contributed by atoms with van der Waals surface area (Å²) in [5.74, 6) is -0.184. The number of carbonyl (C=O) groups is 1. The van der Waals surface area contributed by atoms with Gasteiger partial charge < -0.3 is 29.3 Å². The third-order valence-corrected chi connectivity index (χ3v) is 3.89. The second kappa shape index (κ2) is 7.69. The number of aliphatic hydroxyl groups excluding tert-OH is 1. The lowest BCUT2D eigenvalue weighted by atomic mass is 9.77. The highest BCUT2D eigenvalue weighted by Crippen LogP contribution is 2.39. The summed E-state index contributed by atoms with van der Waals surface area (Å²) in [4.78, 5) is 18.3. The molecule has 1 aliphatic rings. The molecule has 1 fully saturated rings. The molecular weight excluding hydrogens is 304 g/mol. The lowest BCUT2D eigenvalue weighted by molar-refractivity contribution is -0.234. The monoisotopic (exact) mass is 326 g/mol. The maximum Gasteiger partial charge on any atom is 0.259 e. The first-order chi connectivity index (χ1) is 11.1. The van der Waals surface area contributed by atoms with Crippen LogP contribution in [0.15, 0.2) is 18.3 Å². The van der Waals surface area contributed by atoms with Gasteiger partial charge in [0.05, 0.1) is 6.04 Å². The molecule has 0 bridgehead atoms. The maximum absolute atomic E-state index is 12.6. The van der Waals surface area contributed by atoms with Crippen LogP contribution in [0.1, 0.15) is 12.1 Å². The fourth-order valence-electron chi connectivity index (χ4n) is 2.91.